The largest absolute Gasteiger partial charge is 0.454 e. The first-order valence-electron chi connectivity index (χ1n) is 9.46. The van der Waals surface area contributed by atoms with Crippen LogP contribution >= 0.6 is 0 Å². The molecule has 2 aromatic rings. The quantitative estimate of drug-likeness (QED) is 0.625. The lowest BCUT2D eigenvalue weighted by molar-refractivity contribution is -0.127. The van der Waals surface area contributed by atoms with Gasteiger partial charge in [0, 0.05) is 11.8 Å². The van der Waals surface area contributed by atoms with Crippen LogP contribution < -0.4 is 14.8 Å². The molecule has 7 heteroatoms. The summed E-state index contributed by atoms with van der Waals surface area (Å²) < 4.78 is 10.7. The van der Waals surface area contributed by atoms with Crippen molar-refractivity contribution in [2.24, 2.45) is 11.8 Å². The Bertz CT molecular complexity index is 1120. The molecule has 0 saturated carbocycles. The van der Waals surface area contributed by atoms with E-state index in [1.807, 2.05) is 41.4 Å². The molecule has 0 unspecified atom stereocenters. The fourth-order valence-corrected chi connectivity index (χ4v) is 4.99. The van der Waals surface area contributed by atoms with E-state index in [2.05, 4.69) is 5.32 Å². The fraction of sp³-hybridized carbons (Fsp3) is 0.227. The van der Waals surface area contributed by atoms with Crippen molar-refractivity contribution < 1.29 is 23.9 Å². The van der Waals surface area contributed by atoms with E-state index >= 15 is 0 Å². The Balaban J connectivity index is 1.47. The highest BCUT2D eigenvalue weighted by Crippen LogP contribution is 2.51. The Morgan fingerprint density at radius 1 is 1.00 bits per heavy atom. The highest BCUT2D eigenvalue weighted by Gasteiger charge is 2.61. The molecule has 2 saturated heterocycles. The van der Waals surface area contributed by atoms with Crippen molar-refractivity contribution in [3.63, 3.8) is 0 Å². The second kappa shape index (κ2) is 5.70. The van der Waals surface area contributed by atoms with Gasteiger partial charge in [-0.15, -0.1) is 0 Å². The Morgan fingerprint density at radius 2 is 1.79 bits per heavy atom. The minimum absolute atomic E-state index is 0.117. The molecular formula is C22H16N2O5. The number of nitrogens with one attached hydrogen (secondary N) is 1. The monoisotopic (exact) mass is 388 g/mol. The summed E-state index contributed by atoms with van der Waals surface area (Å²) in [6.45, 7) is 0.117. The second-order valence-corrected chi connectivity index (χ2v) is 7.62. The number of fused-ring (bicyclic) bond motifs is 6. The molecule has 2 aromatic carbocycles. The van der Waals surface area contributed by atoms with Gasteiger partial charge in [-0.3, -0.25) is 19.7 Å². The molecule has 0 spiro atoms. The zero-order valence-corrected chi connectivity index (χ0v) is 15.2. The third-order valence-corrected chi connectivity index (χ3v) is 6.23. The first kappa shape index (κ1) is 16.4. The van der Waals surface area contributed by atoms with Crippen LogP contribution in [0.4, 0.5) is 0 Å². The number of ketones is 1. The van der Waals surface area contributed by atoms with E-state index in [4.69, 9.17) is 9.47 Å². The number of hydrogen-bond donors (Lipinski definition) is 1. The van der Waals surface area contributed by atoms with Crippen molar-refractivity contribution >= 4 is 23.7 Å². The molecule has 144 valence electrons. The first-order valence-corrected chi connectivity index (χ1v) is 9.46. The lowest BCUT2D eigenvalue weighted by Gasteiger charge is -2.34. The predicted octanol–water partition coefficient (Wildman–Crippen LogP) is 1.90. The van der Waals surface area contributed by atoms with E-state index in [1.54, 1.807) is 18.2 Å². The van der Waals surface area contributed by atoms with Crippen LogP contribution in [0.25, 0.3) is 6.08 Å². The third-order valence-electron chi connectivity index (χ3n) is 6.23. The summed E-state index contributed by atoms with van der Waals surface area (Å²) in [6.07, 6.45) is 3.76. The fourth-order valence-electron chi connectivity index (χ4n) is 4.99. The van der Waals surface area contributed by atoms with Gasteiger partial charge in [0.2, 0.25) is 18.6 Å². The molecule has 4 atom stereocenters. The lowest BCUT2D eigenvalue weighted by atomic mass is 9.83. The maximum Gasteiger partial charge on any atom is 0.233 e. The van der Waals surface area contributed by atoms with Crippen molar-refractivity contribution in [1.29, 1.82) is 0 Å². The highest BCUT2D eigenvalue weighted by molar-refractivity contribution is 6.12. The van der Waals surface area contributed by atoms with E-state index in [0.717, 1.165) is 11.1 Å². The number of ether oxygens (including phenoxy) is 2. The van der Waals surface area contributed by atoms with Gasteiger partial charge in [0.05, 0.1) is 17.9 Å². The third kappa shape index (κ3) is 2.15. The number of carbonyl (C=O) groups is 3. The molecule has 0 bridgehead atoms. The van der Waals surface area contributed by atoms with Crippen LogP contribution in [0.15, 0.2) is 48.7 Å². The molecule has 0 radical (unpaired) electrons. The van der Waals surface area contributed by atoms with E-state index in [0.29, 0.717) is 17.1 Å². The number of rotatable bonds is 2. The van der Waals surface area contributed by atoms with Crippen LogP contribution in [-0.4, -0.2) is 35.3 Å². The van der Waals surface area contributed by atoms with Gasteiger partial charge in [0.25, 0.3) is 0 Å². The number of Topliss-reactive ketones (excluding diaryl/α,β-unsaturated/α-hetero) is 1. The van der Waals surface area contributed by atoms with Crippen molar-refractivity contribution in [3.05, 3.63) is 65.4 Å². The van der Waals surface area contributed by atoms with Gasteiger partial charge in [0.15, 0.2) is 17.3 Å². The van der Waals surface area contributed by atoms with Crippen LogP contribution in [0.1, 0.15) is 27.5 Å². The number of carbonyl (C=O) groups excluding carboxylic acids is 3. The summed E-state index contributed by atoms with van der Waals surface area (Å²) >= 11 is 0. The summed E-state index contributed by atoms with van der Waals surface area (Å²) in [5, 5.41) is 2.44. The predicted molar refractivity (Wildman–Crippen MR) is 101 cm³/mol. The van der Waals surface area contributed by atoms with Crippen LogP contribution in [-0.2, 0) is 9.59 Å². The molecule has 7 nitrogen and oxygen atoms in total. The first-order chi connectivity index (χ1) is 14.1. The molecule has 4 aliphatic heterocycles. The van der Waals surface area contributed by atoms with Gasteiger partial charge >= 0.3 is 0 Å². The molecule has 1 N–H and O–H groups in total. The molecule has 0 aromatic heterocycles. The number of benzene rings is 2. The van der Waals surface area contributed by atoms with Crippen LogP contribution in [0.5, 0.6) is 11.5 Å². The molecule has 4 aliphatic rings. The normalized spacial score (nSPS) is 28.1. The van der Waals surface area contributed by atoms with Gasteiger partial charge in [-0.1, -0.05) is 24.3 Å². The lowest BCUT2D eigenvalue weighted by Crippen LogP contribution is -2.42. The SMILES string of the molecule is O=C1NC(=O)[C@H]2[C@@H]1[C@@H](C(=O)c1ccc3c(c1)OCO3)N1C=Cc3ccccc3[C@@H]21. The average Bonchev–Trinajstić information content (AvgIpc) is 3.41. The Hall–Kier alpha value is -3.61. The smallest absolute Gasteiger partial charge is 0.233 e. The van der Waals surface area contributed by atoms with Crippen molar-refractivity contribution in [2.45, 2.75) is 12.1 Å². The molecule has 6 rings (SSSR count). The van der Waals surface area contributed by atoms with Gasteiger partial charge in [0.1, 0.15) is 6.04 Å². The Labute approximate surface area is 165 Å². The standard InChI is InChI=1S/C22H16N2O5/c25-20(12-5-6-14-15(9-12)29-10-28-14)19-17-16(21(26)23-22(17)27)18-13-4-2-1-3-11(13)7-8-24(18)19/h1-9,16-19H,10H2,(H,23,26,27)/t16-,17+,18-,19-/m0/s1. The highest BCUT2D eigenvalue weighted by atomic mass is 16.7. The van der Waals surface area contributed by atoms with E-state index in [9.17, 15) is 14.4 Å². The summed E-state index contributed by atoms with van der Waals surface area (Å²) in [5.74, 6) is -1.16. The molecule has 2 fully saturated rings. The molecule has 0 aliphatic carbocycles. The Morgan fingerprint density at radius 3 is 2.69 bits per heavy atom. The number of nitrogens with zero attached hydrogens (tertiary/aromatic N) is 1. The van der Waals surface area contributed by atoms with Gasteiger partial charge in [-0.05, 0) is 35.4 Å². The summed E-state index contributed by atoms with van der Waals surface area (Å²) in [6, 6.07) is 11.7. The molecule has 2 amide bonds. The number of imide groups is 1. The second-order valence-electron chi connectivity index (χ2n) is 7.62. The Kier molecular flexibility index (Phi) is 3.21. The topological polar surface area (TPSA) is 84.9 Å². The van der Waals surface area contributed by atoms with E-state index in [1.165, 1.54) is 0 Å². The van der Waals surface area contributed by atoms with Gasteiger partial charge in [-0.2, -0.15) is 0 Å². The summed E-state index contributed by atoms with van der Waals surface area (Å²) in [7, 11) is 0. The summed E-state index contributed by atoms with van der Waals surface area (Å²) in [5.41, 5.74) is 2.38. The number of amides is 2. The molecule has 29 heavy (non-hydrogen) atoms. The van der Waals surface area contributed by atoms with Crippen LogP contribution in [0.2, 0.25) is 0 Å². The zero-order chi connectivity index (χ0) is 19.7. The molecular weight excluding hydrogens is 372 g/mol. The van der Waals surface area contributed by atoms with Gasteiger partial charge < -0.3 is 14.4 Å². The molecule has 4 heterocycles. The maximum absolute atomic E-state index is 13.5. The minimum Gasteiger partial charge on any atom is -0.454 e. The number of hydrogen-bond acceptors (Lipinski definition) is 6. The maximum atomic E-state index is 13.5. The zero-order valence-electron chi connectivity index (χ0n) is 15.2. The van der Waals surface area contributed by atoms with Crippen LogP contribution in [0.3, 0.4) is 0 Å². The van der Waals surface area contributed by atoms with E-state index < -0.39 is 17.9 Å². The average molecular weight is 388 g/mol. The van der Waals surface area contributed by atoms with Crippen molar-refractivity contribution in [2.75, 3.05) is 6.79 Å². The van der Waals surface area contributed by atoms with E-state index in [-0.39, 0.29) is 30.4 Å². The van der Waals surface area contributed by atoms with Crippen molar-refractivity contribution in [3.8, 4) is 11.5 Å². The minimum atomic E-state index is -0.763. The van der Waals surface area contributed by atoms with Crippen LogP contribution in [0, 0.1) is 11.8 Å². The van der Waals surface area contributed by atoms with Crippen molar-refractivity contribution in [1.82, 2.24) is 10.2 Å². The van der Waals surface area contributed by atoms with Gasteiger partial charge in [-0.25, -0.2) is 0 Å². The summed E-state index contributed by atoms with van der Waals surface area (Å²) in [4.78, 5) is 40.8.